The van der Waals surface area contributed by atoms with E-state index in [1.54, 1.807) is 13.0 Å². The molecular formula is C10H9FO2S. The molecule has 74 valence electrons. The van der Waals surface area contributed by atoms with Crippen LogP contribution in [0.2, 0.25) is 0 Å². The van der Waals surface area contributed by atoms with Crippen molar-refractivity contribution in [2.75, 3.05) is 6.61 Å². The Morgan fingerprint density at radius 3 is 3.14 bits per heavy atom. The summed E-state index contributed by atoms with van der Waals surface area (Å²) >= 11 is 1.32. The summed E-state index contributed by atoms with van der Waals surface area (Å²) < 4.78 is 17.9. The largest absolute Gasteiger partial charge is 0.463 e. The van der Waals surface area contributed by atoms with Crippen LogP contribution in [0, 0.1) is 5.82 Å². The zero-order valence-corrected chi connectivity index (χ0v) is 8.49. The summed E-state index contributed by atoms with van der Waals surface area (Å²) in [7, 11) is 0. The second-order valence-electron chi connectivity index (χ2n) is 2.99. The molecule has 4 heteroatoms. The lowest BCUT2D eigenvalue weighted by Gasteiger charge is -2.00. The molecule has 1 aliphatic carbocycles. The summed E-state index contributed by atoms with van der Waals surface area (Å²) in [5.74, 6) is -0.559. The van der Waals surface area contributed by atoms with E-state index in [0.717, 1.165) is 4.88 Å². The number of hydrogen-bond donors (Lipinski definition) is 0. The van der Waals surface area contributed by atoms with E-state index in [2.05, 4.69) is 0 Å². The van der Waals surface area contributed by atoms with Gasteiger partial charge in [0, 0.05) is 27.8 Å². The summed E-state index contributed by atoms with van der Waals surface area (Å²) in [5.41, 5.74) is 1.17. The molecule has 1 heterocycles. The molecule has 1 aliphatic rings. The topological polar surface area (TPSA) is 26.3 Å². The van der Waals surface area contributed by atoms with Crippen molar-refractivity contribution in [3.63, 3.8) is 0 Å². The minimum atomic E-state index is -0.338. The van der Waals surface area contributed by atoms with E-state index in [4.69, 9.17) is 4.74 Å². The van der Waals surface area contributed by atoms with Crippen LogP contribution >= 0.6 is 11.3 Å². The SMILES string of the molecule is CCOC(=O)C1=Cc2scc(F)c2C1. The molecule has 0 aliphatic heterocycles. The maximum Gasteiger partial charge on any atom is 0.334 e. The van der Waals surface area contributed by atoms with Gasteiger partial charge < -0.3 is 4.74 Å². The summed E-state index contributed by atoms with van der Waals surface area (Å²) in [6, 6.07) is 0. The first kappa shape index (κ1) is 9.40. The summed E-state index contributed by atoms with van der Waals surface area (Å²) in [6.07, 6.45) is 2.07. The highest BCUT2D eigenvalue weighted by atomic mass is 32.1. The van der Waals surface area contributed by atoms with Crippen LogP contribution in [0.3, 0.4) is 0 Å². The third-order valence-corrected chi connectivity index (χ3v) is 3.03. The van der Waals surface area contributed by atoms with Crippen LogP contribution < -0.4 is 0 Å². The number of carbonyl (C=O) groups is 1. The molecule has 14 heavy (non-hydrogen) atoms. The van der Waals surface area contributed by atoms with Crippen molar-refractivity contribution in [2.24, 2.45) is 0 Å². The average Bonchev–Trinajstić information content (AvgIpc) is 2.69. The minimum Gasteiger partial charge on any atom is -0.463 e. The molecule has 0 N–H and O–H groups in total. The van der Waals surface area contributed by atoms with E-state index >= 15 is 0 Å². The highest BCUT2D eigenvalue weighted by Gasteiger charge is 2.23. The fourth-order valence-corrected chi connectivity index (χ4v) is 2.32. The number of ether oxygens (including phenoxy) is 1. The molecule has 0 saturated carbocycles. The second-order valence-corrected chi connectivity index (χ2v) is 3.90. The van der Waals surface area contributed by atoms with Crippen molar-refractivity contribution in [3.8, 4) is 0 Å². The van der Waals surface area contributed by atoms with Gasteiger partial charge in [-0.15, -0.1) is 11.3 Å². The van der Waals surface area contributed by atoms with Gasteiger partial charge in [0.1, 0.15) is 5.82 Å². The molecule has 1 aromatic rings. The fraction of sp³-hybridized carbons (Fsp3) is 0.300. The first-order chi connectivity index (χ1) is 6.72. The lowest BCUT2D eigenvalue weighted by molar-refractivity contribution is -0.138. The number of thiophene rings is 1. The number of carbonyl (C=O) groups excluding carboxylic acids is 1. The Kier molecular flexibility index (Phi) is 2.37. The normalized spacial score (nSPS) is 13.7. The van der Waals surface area contributed by atoms with Gasteiger partial charge in [-0.2, -0.15) is 0 Å². The van der Waals surface area contributed by atoms with Gasteiger partial charge in [0.2, 0.25) is 0 Å². The quantitative estimate of drug-likeness (QED) is 0.703. The number of halogens is 1. The van der Waals surface area contributed by atoms with E-state index in [-0.39, 0.29) is 11.8 Å². The molecular weight excluding hydrogens is 203 g/mol. The van der Waals surface area contributed by atoms with Crippen molar-refractivity contribution >= 4 is 23.4 Å². The standard InChI is InChI=1S/C10H9FO2S/c1-2-13-10(12)6-3-7-8(11)5-14-9(7)4-6/h4-5H,2-3H2,1H3. The summed E-state index contributed by atoms with van der Waals surface area (Å²) in [6.45, 7) is 2.11. The van der Waals surface area contributed by atoms with Gasteiger partial charge in [0.05, 0.1) is 6.61 Å². The van der Waals surface area contributed by atoms with Crippen LogP contribution in [0.25, 0.3) is 6.08 Å². The number of rotatable bonds is 2. The first-order valence-corrected chi connectivity index (χ1v) is 5.24. The third kappa shape index (κ3) is 1.46. The highest BCUT2D eigenvalue weighted by Crippen LogP contribution is 2.32. The van der Waals surface area contributed by atoms with E-state index < -0.39 is 0 Å². The third-order valence-electron chi connectivity index (χ3n) is 2.09. The van der Waals surface area contributed by atoms with Gasteiger partial charge in [-0.1, -0.05) is 0 Å². The van der Waals surface area contributed by atoms with Crippen LogP contribution in [0.4, 0.5) is 4.39 Å². The van der Waals surface area contributed by atoms with Gasteiger partial charge in [-0.3, -0.25) is 0 Å². The van der Waals surface area contributed by atoms with Crippen LogP contribution in [0.15, 0.2) is 11.0 Å². The Hall–Kier alpha value is -1.16. The molecule has 0 fully saturated rings. The lowest BCUT2D eigenvalue weighted by atomic mass is 10.2. The number of esters is 1. The van der Waals surface area contributed by atoms with Gasteiger partial charge in [0.25, 0.3) is 0 Å². The molecule has 0 amide bonds. The molecule has 1 aromatic heterocycles. The molecule has 0 aromatic carbocycles. The Morgan fingerprint density at radius 1 is 1.71 bits per heavy atom. The Labute approximate surface area is 85.0 Å². The zero-order valence-electron chi connectivity index (χ0n) is 7.67. The molecule has 0 atom stereocenters. The smallest absolute Gasteiger partial charge is 0.334 e. The molecule has 0 spiro atoms. The predicted octanol–water partition coefficient (Wildman–Crippen LogP) is 2.39. The summed E-state index contributed by atoms with van der Waals surface area (Å²) in [5, 5.41) is 1.46. The van der Waals surface area contributed by atoms with Crippen LogP contribution in [-0.2, 0) is 16.0 Å². The van der Waals surface area contributed by atoms with Crippen molar-refractivity contribution < 1.29 is 13.9 Å². The van der Waals surface area contributed by atoms with E-state index in [9.17, 15) is 9.18 Å². The number of fused-ring (bicyclic) bond motifs is 1. The molecule has 2 nitrogen and oxygen atoms in total. The van der Waals surface area contributed by atoms with Crippen molar-refractivity contribution in [2.45, 2.75) is 13.3 Å². The Balaban J connectivity index is 2.19. The first-order valence-electron chi connectivity index (χ1n) is 4.36. The highest BCUT2D eigenvalue weighted by molar-refractivity contribution is 7.11. The minimum absolute atomic E-state index is 0.222. The van der Waals surface area contributed by atoms with Crippen LogP contribution in [0.1, 0.15) is 17.4 Å². The second kappa shape index (κ2) is 3.53. The van der Waals surface area contributed by atoms with Crippen molar-refractivity contribution in [3.05, 3.63) is 27.2 Å². The Morgan fingerprint density at radius 2 is 2.50 bits per heavy atom. The zero-order chi connectivity index (χ0) is 10.1. The number of hydrogen-bond acceptors (Lipinski definition) is 3. The monoisotopic (exact) mass is 212 g/mol. The van der Waals surface area contributed by atoms with E-state index in [1.807, 2.05) is 0 Å². The van der Waals surface area contributed by atoms with Gasteiger partial charge >= 0.3 is 5.97 Å². The maximum absolute atomic E-state index is 13.1. The molecule has 0 radical (unpaired) electrons. The van der Waals surface area contributed by atoms with Gasteiger partial charge in [-0.05, 0) is 13.0 Å². The maximum atomic E-state index is 13.1. The fourth-order valence-electron chi connectivity index (χ4n) is 1.42. The molecule has 0 bridgehead atoms. The average molecular weight is 212 g/mol. The molecule has 0 unspecified atom stereocenters. The summed E-state index contributed by atoms with van der Waals surface area (Å²) in [4.78, 5) is 12.2. The van der Waals surface area contributed by atoms with Gasteiger partial charge in [0.15, 0.2) is 0 Å². The van der Waals surface area contributed by atoms with Gasteiger partial charge in [-0.25, -0.2) is 9.18 Å². The molecule has 2 rings (SSSR count). The Bertz CT molecular complexity index is 406. The van der Waals surface area contributed by atoms with Crippen molar-refractivity contribution in [1.82, 2.24) is 0 Å². The predicted molar refractivity (Wildman–Crippen MR) is 52.6 cm³/mol. The van der Waals surface area contributed by atoms with Crippen molar-refractivity contribution in [1.29, 1.82) is 0 Å². The van der Waals surface area contributed by atoms with E-state index in [0.29, 0.717) is 24.2 Å². The van der Waals surface area contributed by atoms with Crippen LogP contribution in [0.5, 0.6) is 0 Å². The van der Waals surface area contributed by atoms with E-state index in [1.165, 1.54) is 16.7 Å². The molecule has 0 saturated heterocycles. The van der Waals surface area contributed by atoms with Crippen LogP contribution in [-0.4, -0.2) is 12.6 Å². The lowest BCUT2D eigenvalue weighted by Crippen LogP contribution is -2.07.